The molecule has 162 valence electrons. The smallest absolute Gasteiger partial charge is 0.233 e. The highest BCUT2D eigenvalue weighted by atomic mass is 32.2. The molecule has 0 unspecified atom stereocenters. The van der Waals surface area contributed by atoms with E-state index >= 15 is 0 Å². The van der Waals surface area contributed by atoms with Gasteiger partial charge in [-0.25, -0.2) is 0 Å². The molecule has 6 nitrogen and oxygen atoms in total. The summed E-state index contributed by atoms with van der Waals surface area (Å²) in [4.78, 5) is 19.1. The minimum atomic E-state index is 0.0863. The molecule has 4 rings (SSSR count). The van der Waals surface area contributed by atoms with Gasteiger partial charge >= 0.3 is 0 Å². The Kier molecular flexibility index (Phi) is 7.30. The highest BCUT2D eigenvalue weighted by Crippen LogP contribution is 2.22. The largest absolute Gasteiger partial charge is 0.337 e. The highest BCUT2D eigenvalue weighted by molar-refractivity contribution is 7.99. The lowest BCUT2D eigenvalue weighted by Crippen LogP contribution is -2.34. The number of aromatic nitrogens is 4. The van der Waals surface area contributed by atoms with Crippen molar-refractivity contribution >= 4 is 17.7 Å². The number of hydrogen-bond acceptors (Lipinski definition) is 5. The Morgan fingerprint density at radius 3 is 2.25 bits per heavy atom. The predicted octanol–water partition coefficient (Wildman–Crippen LogP) is 4.24. The van der Waals surface area contributed by atoms with Gasteiger partial charge in [0.1, 0.15) is 0 Å². The lowest BCUT2D eigenvalue weighted by Gasteiger charge is -2.23. The quantitative estimate of drug-likeness (QED) is 0.362. The molecule has 0 spiro atoms. The van der Waals surface area contributed by atoms with Crippen molar-refractivity contribution in [2.24, 2.45) is 7.05 Å². The van der Waals surface area contributed by atoms with Crippen molar-refractivity contribution in [3.63, 3.8) is 0 Å². The molecule has 0 saturated heterocycles. The molecular formula is C25H25N5OS. The average Bonchev–Trinajstić information content (AvgIpc) is 3.22. The van der Waals surface area contributed by atoms with Crippen molar-refractivity contribution in [2.75, 3.05) is 12.3 Å². The zero-order valence-electron chi connectivity index (χ0n) is 18.0. The van der Waals surface area contributed by atoms with Gasteiger partial charge < -0.3 is 9.47 Å². The summed E-state index contributed by atoms with van der Waals surface area (Å²) in [5, 5.41) is 9.29. The first-order chi connectivity index (χ1) is 15.7. The van der Waals surface area contributed by atoms with Crippen LogP contribution in [0.15, 0.2) is 90.3 Å². The van der Waals surface area contributed by atoms with Gasteiger partial charge in [-0.15, -0.1) is 10.2 Å². The Bertz CT molecular complexity index is 1130. The molecule has 1 amide bonds. The van der Waals surface area contributed by atoms with Crippen molar-refractivity contribution in [2.45, 2.75) is 18.1 Å². The van der Waals surface area contributed by atoms with E-state index in [2.05, 4.69) is 39.4 Å². The van der Waals surface area contributed by atoms with Crippen LogP contribution >= 0.6 is 11.8 Å². The molecule has 4 aromatic rings. The van der Waals surface area contributed by atoms with Gasteiger partial charge in [-0.1, -0.05) is 72.4 Å². The molecule has 2 aromatic heterocycles. The Morgan fingerprint density at radius 1 is 0.906 bits per heavy atom. The number of amides is 1. The van der Waals surface area contributed by atoms with Crippen LogP contribution in [0.4, 0.5) is 0 Å². The van der Waals surface area contributed by atoms with E-state index in [0.717, 1.165) is 23.4 Å². The van der Waals surface area contributed by atoms with Crippen LogP contribution in [0.3, 0.4) is 0 Å². The number of rotatable bonds is 9. The molecule has 0 fully saturated rings. The van der Waals surface area contributed by atoms with E-state index in [1.165, 1.54) is 17.3 Å². The molecule has 0 aliphatic carbocycles. The maximum absolute atomic E-state index is 13.2. The van der Waals surface area contributed by atoms with Crippen LogP contribution in [0.25, 0.3) is 11.4 Å². The fourth-order valence-corrected chi connectivity index (χ4v) is 4.23. The van der Waals surface area contributed by atoms with Gasteiger partial charge in [-0.2, -0.15) is 0 Å². The number of nitrogens with zero attached hydrogens (tertiary/aromatic N) is 5. The van der Waals surface area contributed by atoms with Crippen molar-refractivity contribution in [3.8, 4) is 11.4 Å². The van der Waals surface area contributed by atoms with Crippen LogP contribution in [0.1, 0.15) is 11.1 Å². The van der Waals surface area contributed by atoms with Crippen molar-refractivity contribution < 1.29 is 4.79 Å². The van der Waals surface area contributed by atoms with Crippen LogP contribution in [0, 0.1) is 0 Å². The van der Waals surface area contributed by atoms with Gasteiger partial charge in [0.15, 0.2) is 11.0 Å². The summed E-state index contributed by atoms with van der Waals surface area (Å²) in [6.07, 6.45) is 4.28. The van der Waals surface area contributed by atoms with Crippen molar-refractivity contribution in [1.29, 1.82) is 0 Å². The Morgan fingerprint density at radius 2 is 1.56 bits per heavy atom. The summed E-state index contributed by atoms with van der Waals surface area (Å²) in [5.41, 5.74) is 3.29. The van der Waals surface area contributed by atoms with Crippen LogP contribution in [0.2, 0.25) is 0 Å². The van der Waals surface area contributed by atoms with Crippen LogP contribution < -0.4 is 0 Å². The topological polar surface area (TPSA) is 63.9 Å². The molecule has 0 bridgehead atoms. The summed E-state index contributed by atoms with van der Waals surface area (Å²) in [6.45, 7) is 1.26. The summed E-state index contributed by atoms with van der Waals surface area (Å²) in [5.74, 6) is 1.15. The number of thioether (sulfide) groups is 1. The third-order valence-corrected chi connectivity index (χ3v) is 6.19. The molecule has 0 radical (unpaired) electrons. The maximum atomic E-state index is 13.2. The van der Waals surface area contributed by atoms with Gasteiger partial charge in [0, 0.05) is 38.1 Å². The number of benzene rings is 2. The zero-order valence-corrected chi connectivity index (χ0v) is 18.8. The molecule has 7 heteroatoms. The molecule has 32 heavy (non-hydrogen) atoms. The van der Waals surface area contributed by atoms with E-state index in [-0.39, 0.29) is 5.91 Å². The second-order valence-corrected chi connectivity index (χ2v) is 8.37. The SMILES string of the molecule is Cn1c(SCC(=O)N(CCc2ccccc2)Cc2ccccc2)nnc1-c1ccncc1. The Balaban J connectivity index is 1.43. The Labute approximate surface area is 192 Å². The fourth-order valence-electron chi connectivity index (χ4n) is 3.42. The van der Waals surface area contributed by atoms with E-state index in [1.807, 2.05) is 65.0 Å². The van der Waals surface area contributed by atoms with Crippen molar-refractivity contribution in [3.05, 3.63) is 96.3 Å². The second-order valence-electron chi connectivity index (χ2n) is 7.43. The number of carbonyl (C=O) groups excluding carboxylic acids is 1. The average molecular weight is 444 g/mol. The molecule has 2 heterocycles. The number of pyridine rings is 1. The third-order valence-electron chi connectivity index (χ3n) is 5.18. The van der Waals surface area contributed by atoms with Gasteiger partial charge in [-0.05, 0) is 29.7 Å². The summed E-state index contributed by atoms with van der Waals surface area (Å²) in [7, 11) is 1.92. The monoisotopic (exact) mass is 443 g/mol. The van der Waals surface area contributed by atoms with E-state index in [1.54, 1.807) is 12.4 Å². The number of carbonyl (C=O) groups is 1. The standard InChI is InChI=1S/C25H25N5OS/c1-29-24(22-12-15-26-16-13-22)27-28-25(29)32-19-23(31)30(18-21-10-6-3-7-11-21)17-14-20-8-4-2-5-9-20/h2-13,15-16H,14,17-19H2,1H3. The van der Waals surface area contributed by atoms with Gasteiger partial charge in [-0.3, -0.25) is 9.78 Å². The maximum Gasteiger partial charge on any atom is 0.233 e. The van der Waals surface area contributed by atoms with E-state index in [9.17, 15) is 4.79 Å². The first-order valence-corrected chi connectivity index (χ1v) is 11.5. The van der Waals surface area contributed by atoms with Gasteiger partial charge in [0.25, 0.3) is 0 Å². The van der Waals surface area contributed by atoms with Crippen LogP contribution in [-0.2, 0) is 24.8 Å². The molecule has 0 aliphatic rings. The highest BCUT2D eigenvalue weighted by Gasteiger charge is 2.17. The van der Waals surface area contributed by atoms with E-state index < -0.39 is 0 Å². The first kappa shape index (κ1) is 21.8. The van der Waals surface area contributed by atoms with E-state index in [4.69, 9.17) is 0 Å². The summed E-state index contributed by atoms with van der Waals surface area (Å²) < 4.78 is 1.92. The molecule has 0 saturated carbocycles. The molecular weight excluding hydrogens is 418 g/mol. The van der Waals surface area contributed by atoms with E-state index in [0.29, 0.717) is 24.0 Å². The number of hydrogen-bond donors (Lipinski definition) is 0. The van der Waals surface area contributed by atoms with Crippen LogP contribution in [0.5, 0.6) is 0 Å². The zero-order chi connectivity index (χ0) is 22.2. The second kappa shape index (κ2) is 10.7. The third kappa shape index (κ3) is 5.62. The van der Waals surface area contributed by atoms with Gasteiger partial charge in [0.2, 0.25) is 5.91 Å². The molecule has 0 atom stereocenters. The molecule has 0 N–H and O–H groups in total. The first-order valence-electron chi connectivity index (χ1n) is 10.5. The normalized spacial score (nSPS) is 10.8. The fraction of sp³-hybridized carbons (Fsp3) is 0.200. The summed E-state index contributed by atoms with van der Waals surface area (Å²) in [6, 6.07) is 24.2. The summed E-state index contributed by atoms with van der Waals surface area (Å²) >= 11 is 1.41. The minimum Gasteiger partial charge on any atom is -0.337 e. The lowest BCUT2D eigenvalue weighted by atomic mass is 10.1. The molecule has 2 aromatic carbocycles. The lowest BCUT2D eigenvalue weighted by molar-refractivity contribution is -0.128. The minimum absolute atomic E-state index is 0.0863. The molecule has 0 aliphatic heterocycles. The van der Waals surface area contributed by atoms with Crippen LogP contribution in [-0.4, -0.2) is 42.9 Å². The van der Waals surface area contributed by atoms with Gasteiger partial charge in [0.05, 0.1) is 5.75 Å². The predicted molar refractivity (Wildman–Crippen MR) is 127 cm³/mol. The Hall–Kier alpha value is -3.45. The van der Waals surface area contributed by atoms with Crippen molar-refractivity contribution in [1.82, 2.24) is 24.6 Å².